The van der Waals surface area contributed by atoms with Crippen molar-refractivity contribution in [2.24, 2.45) is 4.99 Å². The fourth-order valence-electron chi connectivity index (χ4n) is 5.31. The second kappa shape index (κ2) is 8.96. The van der Waals surface area contributed by atoms with Crippen molar-refractivity contribution >= 4 is 23.1 Å². The number of fused-ring (bicyclic) bond motifs is 1. The molecule has 0 unspecified atom stereocenters. The van der Waals surface area contributed by atoms with Crippen LogP contribution in [0, 0.1) is 0 Å². The van der Waals surface area contributed by atoms with Crippen LogP contribution in [0.1, 0.15) is 48.9 Å². The first kappa shape index (κ1) is 21.6. The Bertz CT molecular complexity index is 1060. The van der Waals surface area contributed by atoms with Crippen molar-refractivity contribution in [3.63, 3.8) is 0 Å². The van der Waals surface area contributed by atoms with E-state index in [1.54, 1.807) is 32.4 Å². The lowest BCUT2D eigenvalue weighted by Gasteiger charge is -2.47. The van der Waals surface area contributed by atoms with Crippen LogP contribution in [0.15, 0.2) is 47.5 Å². The highest BCUT2D eigenvalue weighted by Crippen LogP contribution is 2.38. The lowest BCUT2D eigenvalue weighted by molar-refractivity contribution is 0.0691. The number of carbonyl (C=O) groups is 1. The Morgan fingerprint density at radius 1 is 1.06 bits per heavy atom. The molecule has 5 rings (SSSR count). The SMILES string of the molecule is COc1ccc(C(=O)N2CCC[C@]3(C2)Nc2ccccc2NC3=NC2CCCC2)c(OC)c1. The number of methoxy groups -OCH3 is 2. The van der Waals surface area contributed by atoms with Gasteiger partial charge in [0.1, 0.15) is 22.9 Å². The number of piperidine rings is 1. The maximum atomic E-state index is 13.6. The Morgan fingerprint density at radius 3 is 2.61 bits per heavy atom. The van der Waals surface area contributed by atoms with Crippen molar-refractivity contribution in [3.8, 4) is 11.5 Å². The highest BCUT2D eigenvalue weighted by atomic mass is 16.5. The molecule has 2 aromatic carbocycles. The number of benzene rings is 2. The standard InChI is InChI=1S/C26H32N4O3/c1-32-19-12-13-20(23(16-19)33-2)24(31)30-15-7-14-26(17-30)25(27-18-8-3-4-9-18)28-21-10-5-6-11-22(21)29-26/h5-6,10-13,16,18,29H,3-4,7-9,14-15,17H2,1-2H3,(H,27,28)/t26-/m1/s1. The molecule has 1 saturated carbocycles. The number of hydrogen-bond donors (Lipinski definition) is 2. The molecule has 2 N–H and O–H groups in total. The summed E-state index contributed by atoms with van der Waals surface area (Å²) in [5.74, 6) is 2.12. The molecule has 2 heterocycles. The van der Waals surface area contributed by atoms with Gasteiger partial charge < -0.3 is 25.0 Å². The molecule has 0 aromatic heterocycles. The molecule has 2 aliphatic heterocycles. The molecular weight excluding hydrogens is 416 g/mol. The Morgan fingerprint density at radius 2 is 1.85 bits per heavy atom. The van der Waals surface area contributed by atoms with Gasteiger partial charge in [0.05, 0.1) is 43.7 Å². The molecular formula is C26H32N4O3. The number of ether oxygens (including phenoxy) is 2. The fraction of sp³-hybridized carbons (Fsp3) is 0.462. The van der Waals surface area contributed by atoms with Crippen LogP contribution in [0.4, 0.5) is 11.4 Å². The van der Waals surface area contributed by atoms with Crippen LogP contribution in [0.3, 0.4) is 0 Å². The summed E-state index contributed by atoms with van der Waals surface area (Å²) < 4.78 is 10.8. The summed E-state index contributed by atoms with van der Waals surface area (Å²) >= 11 is 0. The van der Waals surface area contributed by atoms with Gasteiger partial charge in [-0.05, 0) is 49.9 Å². The molecule has 7 nitrogen and oxygen atoms in total. The fourth-order valence-corrected chi connectivity index (χ4v) is 5.31. The zero-order chi connectivity index (χ0) is 22.8. The first-order chi connectivity index (χ1) is 16.1. The van der Waals surface area contributed by atoms with Gasteiger partial charge in [0.25, 0.3) is 5.91 Å². The minimum atomic E-state index is -0.426. The zero-order valence-electron chi connectivity index (χ0n) is 19.4. The second-order valence-corrected chi connectivity index (χ2v) is 9.19. The predicted molar refractivity (Wildman–Crippen MR) is 131 cm³/mol. The van der Waals surface area contributed by atoms with Gasteiger partial charge in [0.15, 0.2) is 0 Å². The van der Waals surface area contributed by atoms with Gasteiger partial charge in [-0.2, -0.15) is 0 Å². The van der Waals surface area contributed by atoms with E-state index >= 15 is 0 Å². The summed E-state index contributed by atoms with van der Waals surface area (Å²) in [5.41, 5.74) is 2.22. The predicted octanol–water partition coefficient (Wildman–Crippen LogP) is 4.56. The smallest absolute Gasteiger partial charge is 0.257 e. The van der Waals surface area contributed by atoms with E-state index in [4.69, 9.17) is 14.5 Å². The number of likely N-dealkylation sites (tertiary alicyclic amines) is 1. The van der Waals surface area contributed by atoms with Gasteiger partial charge in [-0.3, -0.25) is 9.79 Å². The third kappa shape index (κ3) is 4.12. The molecule has 33 heavy (non-hydrogen) atoms. The molecule has 0 radical (unpaired) electrons. The molecule has 3 aliphatic rings. The number of amides is 1. The Labute approximate surface area is 195 Å². The van der Waals surface area contributed by atoms with Gasteiger partial charge in [0.2, 0.25) is 0 Å². The first-order valence-electron chi connectivity index (χ1n) is 11.9. The van der Waals surface area contributed by atoms with Crippen LogP contribution in [0.2, 0.25) is 0 Å². The van der Waals surface area contributed by atoms with Crippen LogP contribution in [0.25, 0.3) is 0 Å². The molecule has 174 valence electrons. The van der Waals surface area contributed by atoms with Crippen molar-refractivity contribution in [1.29, 1.82) is 0 Å². The molecule has 2 fully saturated rings. The average molecular weight is 449 g/mol. The maximum absolute atomic E-state index is 13.6. The van der Waals surface area contributed by atoms with Gasteiger partial charge in [-0.1, -0.05) is 25.0 Å². The minimum Gasteiger partial charge on any atom is -0.497 e. The van der Waals surface area contributed by atoms with Crippen LogP contribution >= 0.6 is 0 Å². The lowest BCUT2D eigenvalue weighted by atomic mass is 9.84. The minimum absolute atomic E-state index is 0.0329. The summed E-state index contributed by atoms with van der Waals surface area (Å²) in [6.07, 6.45) is 6.55. The molecule has 1 amide bonds. The number of nitrogens with zero attached hydrogens (tertiary/aromatic N) is 2. The van der Waals surface area contributed by atoms with E-state index in [0.29, 0.717) is 36.2 Å². The molecule has 7 heteroatoms. The molecule has 0 bridgehead atoms. The molecule has 2 aromatic rings. The third-order valence-electron chi connectivity index (χ3n) is 7.06. The zero-order valence-corrected chi connectivity index (χ0v) is 19.4. The lowest BCUT2D eigenvalue weighted by Crippen LogP contribution is -2.62. The van der Waals surface area contributed by atoms with E-state index in [9.17, 15) is 4.79 Å². The number of hydrogen-bond acceptors (Lipinski definition) is 5. The van der Waals surface area contributed by atoms with Crippen LogP contribution in [-0.2, 0) is 0 Å². The summed E-state index contributed by atoms with van der Waals surface area (Å²) in [5, 5.41) is 7.41. The topological polar surface area (TPSA) is 75.2 Å². The van der Waals surface area contributed by atoms with Crippen molar-refractivity contribution in [2.75, 3.05) is 37.9 Å². The van der Waals surface area contributed by atoms with E-state index < -0.39 is 5.54 Å². The first-order valence-corrected chi connectivity index (χ1v) is 11.9. The highest BCUT2D eigenvalue weighted by Gasteiger charge is 2.45. The number of anilines is 2. The van der Waals surface area contributed by atoms with E-state index in [1.807, 2.05) is 17.0 Å². The van der Waals surface area contributed by atoms with Gasteiger partial charge in [0, 0.05) is 12.6 Å². The largest absolute Gasteiger partial charge is 0.497 e. The van der Waals surface area contributed by atoms with Crippen LogP contribution in [0.5, 0.6) is 11.5 Å². The van der Waals surface area contributed by atoms with Gasteiger partial charge in [-0.15, -0.1) is 0 Å². The van der Waals surface area contributed by atoms with Crippen molar-refractivity contribution in [1.82, 2.24) is 4.90 Å². The maximum Gasteiger partial charge on any atom is 0.257 e. The van der Waals surface area contributed by atoms with Crippen molar-refractivity contribution < 1.29 is 14.3 Å². The third-order valence-corrected chi connectivity index (χ3v) is 7.06. The number of rotatable bonds is 4. The summed E-state index contributed by atoms with van der Waals surface area (Å²) in [7, 11) is 3.19. The molecule has 1 atom stereocenters. The van der Waals surface area contributed by atoms with Crippen molar-refractivity contribution in [3.05, 3.63) is 48.0 Å². The Balaban J connectivity index is 1.47. The normalized spacial score (nSPS) is 23.7. The van der Waals surface area contributed by atoms with E-state index in [1.165, 1.54) is 12.8 Å². The Hall–Kier alpha value is -3.22. The number of amidine groups is 1. The van der Waals surface area contributed by atoms with E-state index in [-0.39, 0.29) is 5.91 Å². The van der Waals surface area contributed by atoms with E-state index in [0.717, 1.165) is 42.9 Å². The van der Waals surface area contributed by atoms with Crippen LogP contribution in [-0.4, -0.2) is 55.5 Å². The number of carbonyl (C=O) groups excluding carboxylic acids is 1. The second-order valence-electron chi connectivity index (χ2n) is 9.19. The monoisotopic (exact) mass is 448 g/mol. The number of aliphatic imine (C=N–C) groups is 1. The Kier molecular flexibility index (Phi) is 5.87. The molecule has 1 saturated heterocycles. The average Bonchev–Trinajstić information content (AvgIpc) is 3.37. The summed E-state index contributed by atoms with van der Waals surface area (Å²) in [6.45, 7) is 1.25. The van der Waals surface area contributed by atoms with Gasteiger partial charge >= 0.3 is 0 Å². The van der Waals surface area contributed by atoms with E-state index in [2.05, 4.69) is 22.8 Å². The number of nitrogens with one attached hydrogen (secondary N) is 2. The molecule has 1 spiro atoms. The summed E-state index contributed by atoms with van der Waals surface area (Å²) in [4.78, 5) is 20.7. The quantitative estimate of drug-likeness (QED) is 0.717. The van der Waals surface area contributed by atoms with Crippen LogP contribution < -0.4 is 20.1 Å². The molecule has 1 aliphatic carbocycles. The summed E-state index contributed by atoms with van der Waals surface area (Å²) in [6, 6.07) is 13.9. The van der Waals surface area contributed by atoms with Crippen molar-refractivity contribution in [2.45, 2.75) is 50.1 Å². The van der Waals surface area contributed by atoms with Gasteiger partial charge in [-0.25, -0.2) is 0 Å². The highest BCUT2D eigenvalue weighted by molar-refractivity contribution is 6.10. The number of para-hydroxylation sites is 2.